The Kier molecular flexibility index (Phi) is 2.90. The van der Waals surface area contributed by atoms with E-state index in [4.69, 9.17) is 0 Å². The second kappa shape index (κ2) is 4.43. The Balaban J connectivity index is 2.04. The Labute approximate surface area is 108 Å². The molecular weight excluding hydrogens is 222 g/mol. The minimum Gasteiger partial charge on any atom is -0.385 e. The molecular formula is C16H21NO. The highest BCUT2D eigenvalue weighted by atomic mass is 16.3. The first-order chi connectivity index (χ1) is 8.74. The van der Waals surface area contributed by atoms with Gasteiger partial charge in [-0.3, -0.25) is 0 Å². The zero-order chi connectivity index (χ0) is 12.6. The maximum atomic E-state index is 11.1. The Morgan fingerprint density at radius 1 is 1.33 bits per heavy atom. The number of fused-ring (bicyclic) bond motifs is 1. The van der Waals surface area contributed by atoms with Gasteiger partial charge in [-0.25, -0.2) is 0 Å². The fraction of sp³-hybridized carbons (Fsp3) is 0.500. The van der Waals surface area contributed by atoms with Crippen LogP contribution in [0.1, 0.15) is 44.6 Å². The Bertz CT molecular complexity index is 545. The van der Waals surface area contributed by atoms with Gasteiger partial charge in [0.05, 0.1) is 5.60 Å². The van der Waals surface area contributed by atoms with Gasteiger partial charge in [0.1, 0.15) is 0 Å². The standard InChI is InChI=1S/C16H21NO/c1-2-13-5-3-4-9-16(13,18)14-6-7-15-12(11-14)8-10-17-15/h6-8,10-11,13,17-18H,2-5,9H2,1H3. The molecule has 1 saturated carbocycles. The Hall–Kier alpha value is -1.28. The normalized spacial score (nSPS) is 28.7. The van der Waals surface area contributed by atoms with Crippen molar-refractivity contribution in [2.45, 2.75) is 44.6 Å². The monoisotopic (exact) mass is 243 g/mol. The highest BCUT2D eigenvalue weighted by Crippen LogP contribution is 2.43. The molecule has 1 fully saturated rings. The highest BCUT2D eigenvalue weighted by molar-refractivity contribution is 5.80. The van der Waals surface area contributed by atoms with E-state index < -0.39 is 5.60 Å². The number of benzene rings is 1. The summed E-state index contributed by atoms with van der Waals surface area (Å²) in [6, 6.07) is 8.41. The zero-order valence-corrected chi connectivity index (χ0v) is 10.9. The van der Waals surface area contributed by atoms with Gasteiger partial charge < -0.3 is 10.1 Å². The largest absolute Gasteiger partial charge is 0.385 e. The van der Waals surface area contributed by atoms with Crippen LogP contribution in [-0.4, -0.2) is 10.1 Å². The average Bonchev–Trinajstić information content (AvgIpc) is 2.86. The first kappa shape index (κ1) is 11.8. The first-order valence-electron chi connectivity index (χ1n) is 7.04. The van der Waals surface area contributed by atoms with E-state index in [1.54, 1.807) is 0 Å². The van der Waals surface area contributed by atoms with Crippen LogP contribution in [0.4, 0.5) is 0 Å². The molecule has 2 unspecified atom stereocenters. The maximum Gasteiger partial charge on any atom is 0.0924 e. The van der Waals surface area contributed by atoms with Gasteiger partial charge in [0.2, 0.25) is 0 Å². The lowest BCUT2D eigenvalue weighted by Crippen LogP contribution is -2.37. The number of aromatic nitrogens is 1. The van der Waals surface area contributed by atoms with Gasteiger partial charge in [0.25, 0.3) is 0 Å². The van der Waals surface area contributed by atoms with E-state index >= 15 is 0 Å². The van der Waals surface area contributed by atoms with E-state index in [1.807, 2.05) is 6.20 Å². The quantitative estimate of drug-likeness (QED) is 0.823. The predicted molar refractivity (Wildman–Crippen MR) is 74.4 cm³/mol. The van der Waals surface area contributed by atoms with Crippen molar-refractivity contribution in [3.63, 3.8) is 0 Å². The zero-order valence-electron chi connectivity index (χ0n) is 10.9. The van der Waals surface area contributed by atoms with Crippen LogP contribution in [-0.2, 0) is 5.60 Å². The number of rotatable bonds is 2. The molecule has 1 aliphatic rings. The van der Waals surface area contributed by atoms with Crippen LogP contribution in [0.15, 0.2) is 30.5 Å². The van der Waals surface area contributed by atoms with Crippen LogP contribution in [0.2, 0.25) is 0 Å². The second-order valence-electron chi connectivity index (χ2n) is 5.55. The lowest BCUT2D eigenvalue weighted by Gasteiger charge is -2.40. The van der Waals surface area contributed by atoms with E-state index in [2.05, 4.69) is 36.2 Å². The van der Waals surface area contributed by atoms with Crippen LogP contribution in [0.5, 0.6) is 0 Å². The van der Waals surface area contributed by atoms with Crippen molar-refractivity contribution >= 4 is 10.9 Å². The molecule has 0 aliphatic heterocycles. The highest BCUT2D eigenvalue weighted by Gasteiger charge is 2.39. The number of hydrogen-bond donors (Lipinski definition) is 2. The van der Waals surface area contributed by atoms with Gasteiger partial charge in [-0.05, 0) is 47.9 Å². The minimum absolute atomic E-state index is 0.405. The van der Waals surface area contributed by atoms with Crippen LogP contribution < -0.4 is 0 Å². The molecule has 2 aromatic rings. The van der Waals surface area contributed by atoms with Crippen molar-refractivity contribution in [3.8, 4) is 0 Å². The fourth-order valence-electron chi connectivity index (χ4n) is 3.47. The molecule has 2 N–H and O–H groups in total. The molecule has 2 atom stereocenters. The summed E-state index contributed by atoms with van der Waals surface area (Å²) in [5.74, 6) is 0.405. The van der Waals surface area contributed by atoms with Crippen molar-refractivity contribution in [2.75, 3.05) is 0 Å². The summed E-state index contributed by atoms with van der Waals surface area (Å²) in [4.78, 5) is 3.21. The van der Waals surface area contributed by atoms with Crippen molar-refractivity contribution in [2.24, 2.45) is 5.92 Å². The molecule has 2 heteroatoms. The lowest BCUT2D eigenvalue weighted by molar-refractivity contribution is -0.0556. The molecule has 96 valence electrons. The van der Waals surface area contributed by atoms with Gasteiger partial charge in [0, 0.05) is 11.7 Å². The third-order valence-corrected chi connectivity index (χ3v) is 4.58. The topological polar surface area (TPSA) is 36.0 Å². The first-order valence-corrected chi connectivity index (χ1v) is 7.04. The van der Waals surface area contributed by atoms with Crippen LogP contribution >= 0.6 is 0 Å². The summed E-state index contributed by atoms with van der Waals surface area (Å²) < 4.78 is 0. The summed E-state index contributed by atoms with van der Waals surface area (Å²) in [6.07, 6.45) is 7.46. The summed E-state index contributed by atoms with van der Waals surface area (Å²) >= 11 is 0. The summed E-state index contributed by atoms with van der Waals surface area (Å²) in [5, 5.41) is 12.3. The van der Waals surface area contributed by atoms with Crippen LogP contribution in [0.3, 0.4) is 0 Å². The van der Waals surface area contributed by atoms with Gasteiger partial charge in [-0.15, -0.1) is 0 Å². The third kappa shape index (κ3) is 1.76. The van der Waals surface area contributed by atoms with E-state index in [0.29, 0.717) is 5.92 Å². The lowest BCUT2D eigenvalue weighted by atomic mass is 9.70. The molecule has 0 saturated heterocycles. The molecule has 18 heavy (non-hydrogen) atoms. The van der Waals surface area contributed by atoms with E-state index in [9.17, 15) is 5.11 Å². The SMILES string of the molecule is CCC1CCCCC1(O)c1ccc2[nH]ccc2c1. The molecule has 1 aromatic carbocycles. The summed E-state index contributed by atoms with van der Waals surface area (Å²) in [7, 11) is 0. The molecule has 0 bridgehead atoms. The molecule has 2 nitrogen and oxygen atoms in total. The van der Waals surface area contributed by atoms with Crippen LogP contribution in [0.25, 0.3) is 10.9 Å². The van der Waals surface area contributed by atoms with Gasteiger partial charge in [-0.1, -0.05) is 32.3 Å². The fourth-order valence-corrected chi connectivity index (χ4v) is 3.47. The Morgan fingerprint density at radius 3 is 3.06 bits per heavy atom. The smallest absolute Gasteiger partial charge is 0.0924 e. The number of nitrogens with one attached hydrogen (secondary N) is 1. The average molecular weight is 243 g/mol. The molecule has 1 heterocycles. The molecule has 1 aromatic heterocycles. The van der Waals surface area contributed by atoms with Gasteiger partial charge in [0.15, 0.2) is 0 Å². The summed E-state index contributed by atoms with van der Waals surface area (Å²) in [6.45, 7) is 2.19. The number of aromatic amines is 1. The Morgan fingerprint density at radius 2 is 2.22 bits per heavy atom. The van der Waals surface area contributed by atoms with E-state index in [-0.39, 0.29) is 0 Å². The van der Waals surface area contributed by atoms with E-state index in [1.165, 1.54) is 11.8 Å². The van der Waals surface area contributed by atoms with Crippen molar-refractivity contribution < 1.29 is 5.11 Å². The minimum atomic E-state index is -0.613. The number of hydrogen-bond acceptors (Lipinski definition) is 1. The molecule has 1 aliphatic carbocycles. The molecule has 0 spiro atoms. The van der Waals surface area contributed by atoms with Crippen LogP contribution in [0, 0.1) is 5.92 Å². The predicted octanol–water partition coefficient (Wildman–Crippen LogP) is 3.96. The van der Waals surface area contributed by atoms with Crippen molar-refractivity contribution in [3.05, 3.63) is 36.0 Å². The van der Waals surface area contributed by atoms with Crippen molar-refractivity contribution in [1.29, 1.82) is 0 Å². The molecule has 3 rings (SSSR count). The van der Waals surface area contributed by atoms with Gasteiger partial charge in [-0.2, -0.15) is 0 Å². The van der Waals surface area contributed by atoms with E-state index in [0.717, 1.165) is 36.8 Å². The maximum absolute atomic E-state index is 11.1. The van der Waals surface area contributed by atoms with Gasteiger partial charge >= 0.3 is 0 Å². The van der Waals surface area contributed by atoms with Crippen molar-refractivity contribution in [1.82, 2.24) is 4.98 Å². The second-order valence-corrected chi connectivity index (χ2v) is 5.55. The number of H-pyrrole nitrogens is 1. The third-order valence-electron chi connectivity index (χ3n) is 4.58. The number of aliphatic hydroxyl groups is 1. The molecule has 0 amide bonds. The molecule has 0 radical (unpaired) electrons. The summed E-state index contributed by atoms with van der Waals surface area (Å²) in [5.41, 5.74) is 1.63.